The lowest BCUT2D eigenvalue weighted by atomic mass is 10.1. The maximum absolute atomic E-state index is 4.65. The lowest BCUT2D eigenvalue weighted by Gasteiger charge is -2.09. The number of hydrogen-bond acceptors (Lipinski definition) is 3. The molecule has 5 heteroatoms. The fourth-order valence-electron chi connectivity index (χ4n) is 3.72. The lowest BCUT2D eigenvalue weighted by molar-refractivity contribution is 1.06. The Kier molecular flexibility index (Phi) is 5.26. The first-order valence-electron chi connectivity index (χ1n) is 10.2. The summed E-state index contributed by atoms with van der Waals surface area (Å²) in [7, 11) is 0. The Labute approximate surface area is 189 Å². The normalized spacial score (nSPS) is 11.0. The maximum Gasteiger partial charge on any atom is 0.150 e. The van der Waals surface area contributed by atoms with Crippen molar-refractivity contribution >= 4 is 32.8 Å². The molecule has 0 aliphatic rings. The standard InChI is InChI=1S/C26H21BrN4/c1-18-7-9-19(10-8-18)15-28-25-24-23(20-5-3-2-4-6-20)16-31(26(24)30-17-29-25)22-13-11-21(27)12-14-22/h2-14,16-17H,15H2,1H3,(H,28,29,30). The summed E-state index contributed by atoms with van der Waals surface area (Å²) in [6.45, 7) is 2.80. The van der Waals surface area contributed by atoms with Gasteiger partial charge in [0.25, 0.3) is 0 Å². The topological polar surface area (TPSA) is 42.7 Å². The van der Waals surface area contributed by atoms with Gasteiger partial charge >= 0.3 is 0 Å². The van der Waals surface area contributed by atoms with E-state index in [1.165, 1.54) is 11.1 Å². The molecule has 31 heavy (non-hydrogen) atoms. The number of hydrogen-bond donors (Lipinski definition) is 1. The van der Waals surface area contributed by atoms with Crippen LogP contribution in [0.1, 0.15) is 11.1 Å². The Morgan fingerprint density at radius 3 is 2.35 bits per heavy atom. The average Bonchev–Trinajstić information content (AvgIpc) is 3.20. The third-order valence-corrected chi connectivity index (χ3v) is 5.88. The van der Waals surface area contributed by atoms with Crippen LogP contribution in [0.4, 0.5) is 5.82 Å². The molecule has 3 aromatic carbocycles. The number of nitrogens with zero attached hydrogens (tertiary/aromatic N) is 3. The van der Waals surface area contributed by atoms with E-state index in [9.17, 15) is 0 Å². The first-order valence-corrected chi connectivity index (χ1v) is 11.0. The van der Waals surface area contributed by atoms with E-state index in [-0.39, 0.29) is 0 Å². The van der Waals surface area contributed by atoms with Crippen LogP contribution >= 0.6 is 15.9 Å². The van der Waals surface area contributed by atoms with Gasteiger partial charge in [0.2, 0.25) is 0 Å². The Morgan fingerprint density at radius 1 is 0.871 bits per heavy atom. The van der Waals surface area contributed by atoms with Gasteiger partial charge in [-0.15, -0.1) is 0 Å². The fourth-order valence-corrected chi connectivity index (χ4v) is 3.99. The minimum absolute atomic E-state index is 0.698. The van der Waals surface area contributed by atoms with Crippen molar-refractivity contribution < 1.29 is 0 Å². The van der Waals surface area contributed by atoms with Gasteiger partial charge in [0.1, 0.15) is 12.1 Å². The van der Waals surface area contributed by atoms with Gasteiger partial charge in [0.05, 0.1) is 5.39 Å². The van der Waals surface area contributed by atoms with Crippen LogP contribution < -0.4 is 5.32 Å². The van der Waals surface area contributed by atoms with Crippen LogP contribution in [-0.4, -0.2) is 14.5 Å². The van der Waals surface area contributed by atoms with Crippen molar-refractivity contribution in [1.29, 1.82) is 0 Å². The summed E-state index contributed by atoms with van der Waals surface area (Å²) in [6.07, 6.45) is 3.78. The second-order valence-corrected chi connectivity index (χ2v) is 8.43. The highest BCUT2D eigenvalue weighted by Crippen LogP contribution is 2.35. The Balaban J connectivity index is 1.64. The Morgan fingerprint density at radius 2 is 1.61 bits per heavy atom. The largest absolute Gasteiger partial charge is 0.365 e. The molecule has 2 heterocycles. The molecule has 0 fully saturated rings. The summed E-state index contributed by atoms with van der Waals surface area (Å²) in [5.74, 6) is 0.834. The van der Waals surface area contributed by atoms with Crippen molar-refractivity contribution in [1.82, 2.24) is 14.5 Å². The molecule has 0 bridgehead atoms. The molecule has 0 spiro atoms. The summed E-state index contributed by atoms with van der Waals surface area (Å²) in [6, 6.07) is 27.2. The predicted molar refractivity (Wildman–Crippen MR) is 131 cm³/mol. The second kappa shape index (κ2) is 8.36. The summed E-state index contributed by atoms with van der Waals surface area (Å²) in [4.78, 5) is 9.26. The number of aryl methyl sites for hydroxylation is 1. The van der Waals surface area contributed by atoms with Crippen molar-refractivity contribution in [3.63, 3.8) is 0 Å². The molecule has 5 aromatic rings. The minimum Gasteiger partial charge on any atom is -0.365 e. The monoisotopic (exact) mass is 468 g/mol. The number of fused-ring (bicyclic) bond motifs is 1. The van der Waals surface area contributed by atoms with Crippen LogP contribution in [0.25, 0.3) is 27.8 Å². The lowest BCUT2D eigenvalue weighted by Crippen LogP contribution is -2.03. The van der Waals surface area contributed by atoms with Gasteiger partial charge in [0.15, 0.2) is 5.65 Å². The molecule has 0 amide bonds. The molecule has 1 N–H and O–H groups in total. The maximum atomic E-state index is 4.65. The highest BCUT2D eigenvalue weighted by Gasteiger charge is 2.17. The summed E-state index contributed by atoms with van der Waals surface area (Å²) < 4.78 is 3.18. The van der Waals surface area contributed by atoms with Crippen LogP contribution in [0, 0.1) is 6.92 Å². The van der Waals surface area contributed by atoms with Crippen molar-refractivity contribution in [2.24, 2.45) is 0 Å². The van der Waals surface area contributed by atoms with Crippen molar-refractivity contribution in [3.8, 4) is 16.8 Å². The molecule has 0 saturated carbocycles. The number of anilines is 1. The van der Waals surface area contributed by atoms with Gasteiger partial charge in [-0.3, -0.25) is 0 Å². The Hall–Kier alpha value is -3.44. The van der Waals surface area contributed by atoms with E-state index in [0.717, 1.165) is 38.1 Å². The number of halogens is 1. The molecule has 5 rings (SSSR count). The highest BCUT2D eigenvalue weighted by molar-refractivity contribution is 9.10. The van der Waals surface area contributed by atoms with Gasteiger partial charge in [0, 0.05) is 28.5 Å². The van der Waals surface area contributed by atoms with Crippen LogP contribution in [0.15, 0.2) is 95.9 Å². The molecule has 0 unspecified atom stereocenters. The van der Waals surface area contributed by atoms with E-state index in [4.69, 9.17) is 0 Å². The van der Waals surface area contributed by atoms with Crippen LogP contribution in [-0.2, 0) is 6.54 Å². The van der Waals surface area contributed by atoms with Gasteiger partial charge in [-0.1, -0.05) is 76.1 Å². The average molecular weight is 469 g/mol. The van der Waals surface area contributed by atoms with Crippen LogP contribution in [0.3, 0.4) is 0 Å². The zero-order valence-corrected chi connectivity index (χ0v) is 18.7. The first kappa shape index (κ1) is 19.5. The molecule has 4 nitrogen and oxygen atoms in total. The molecule has 2 aromatic heterocycles. The summed E-state index contributed by atoms with van der Waals surface area (Å²) >= 11 is 3.52. The zero-order valence-electron chi connectivity index (χ0n) is 17.1. The molecule has 0 aliphatic carbocycles. The van der Waals surface area contributed by atoms with E-state index >= 15 is 0 Å². The van der Waals surface area contributed by atoms with Crippen molar-refractivity contribution in [3.05, 3.63) is 107 Å². The number of benzene rings is 3. The third-order valence-electron chi connectivity index (χ3n) is 5.35. The molecular formula is C26H21BrN4. The minimum atomic E-state index is 0.698. The second-order valence-electron chi connectivity index (χ2n) is 7.52. The molecule has 152 valence electrons. The van der Waals surface area contributed by atoms with E-state index < -0.39 is 0 Å². The predicted octanol–water partition coefficient (Wildman–Crippen LogP) is 6.77. The summed E-state index contributed by atoms with van der Waals surface area (Å²) in [5.41, 5.74) is 6.64. The zero-order chi connectivity index (χ0) is 21.2. The first-order chi connectivity index (χ1) is 15.2. The Bertz CT molecular complexity index is 1320. The van der Waals surface area contributed by atoms with Gasteiger partial charge < -0.3 is 9.88 Å². The molecule has 0 saturated heterocycles. The van der Waals surface area contributed by atoms with E-state index in [1.54, 1.807) is 6.33 Å². The van der Waals surface area contributed by atoms with Gasteiger partial charge in [-0.25, -0.2) is 9.97 Å². The molecule has 0 atom stereocenters. The van der Waals surface area contributed by atoms with E-state index in [2.05, 4.69) is 110 Å². The summed E-state index contributed by atoms with van der Waals surface area (Å²) in [5, 5.41) is 4.55. The van der Waals surface area contributed by atoms with E-state index in [1.807, 2.05) is 18.2 Å². The quantitative estimate of drug-likeness (QED) is 0.309. The fraction of sp³-hybridized carbons (Fsp3) is 0.0769. The third kappa shape index (κ3) is 3.97. The van der Waals surface area contributed by atoms with Crippen molar-refractivity contribution in [2.45, 2.75) is 13.5 Å². The smallest absolute Gasteiger partial charge is 0.150 e. The molecule has 0 aliphatic heterocycles. The van der Waals surface area contributed by atoms with Gasteiger partial charge in [-0.2, -0.15) is 0 Å². The molecular weight excluding hydrogens is 448 g/mol. The van der Waals surface area contributed by atoms with Crippen molar-refractivity contribution in [2.75, 3.05) is 5.32 Å². The van der Waals surface area contributed by atoms with Gasteiger partial charge in [-0.05, 0) is 42.3 Å². The SMILES string of the molecule is Cc1ccc(CNc2ncnc3c2c(-c2ccccc2)cn3-c2ccc(Br)cc2)cc1. The number of aromatic nitrogens is 3. The van der Waals surface area contributed by atoms with Crippen LogP contribution in [0.5, 0.6) is 0 Å². The van der Waals surface area contributed by atoms with Crippen LogP contribution in [0.2, 0.25) is 0 Å². The van der Waals surface area contributed by atoms with E-state index in [0.29, 0.717) is 6.54 Å². The number of nitrogens with one attached hydrogen (secondary N) is 1. The molecule has 0 radical (unpaired) electrons. The number of rotatable bonds is 5. The highest BCUT2D eigenvalue weighted by atomic mass is 79.9.